The normalized spacial score (nSPS) is 15.5. The van der Waals surface area contributed by atoms with Crippen LogP contribution in [0.2, 0.25) is 0 Å². The van der Waals surface area contributed by atoms with E-state index in [4.69, 9.17) is 0 Å². The Morgan fingerprint density at radius 1 is 0.944 bits per heavy atom. The largest absolute Gasteiger partial charge is 0.503 e. The van der Waals surface area contributed by atoms with Crippen LogP contribution in [0, 0.1) is 6.92 Å². The number of anilines is 2. The van der Waals surface area contributed by atoms with E-state index in [-0.39, 0.29) is 11.4 Å². The molecule has 0 bridgehead atoms. The molecule has 0 saturated heterocycles. The van der Waals surface area contributed by atoms with E-state index < -0.39 is 17.7 Å². The van der Waals surface area contributed by atoms with Crippen molar-refractivity contribution in [2.75, 3.05) is 23.9 Å². The molecule has 36 heavy (non-hydrogen) atoms. The summed E-state index contributed by atoms with van der Waals surface area (Å²) in [6.07, 6.45) is 0. The van der Waals surface area contributed by atoms with Crippen LogP contribution < -0.4 is 9.80 Å². The average Bonchev–Trinajstić information content (AvgIpc) is 3.42. The van der Waals surface area contributed by atoms with Crippen LogP contribution >= 0.6 is 11.3 Å². The van der Waals surface area contributed by atoms with Crippen molar-refractivity contribution in [1.29, 1.82) is 0 Å². The first-order valence-corrected chi connectivity index (χ1v) is 12.3. The summed E-state index contributed by atoms with van der Waals surface area (Å²) in [5.74, 6) is -1.52. The monoisotopic (exact) mass is 495 g/mol. The third-order valence-electron chi connectivity index (χ3n) is 6.24. The highest BCUT2D eigenvalue weighted by atomic mass is 32.1. The van der Waals surface area contributed by atoms with Gasteiger partial charge in [-0.15, -0.1) is 11.3 Å². The molecular formula is C29H25N3O3S. The standard InChI is InChI=1S/C29H25N3O3S/c1-18-27(36-28(30-18)20-12-8-5-9-13-20)25(33)23-24(19-10-6-4-7-11-19)32(29(35)26(23)34)22-16-14-21(15-17-22)31(2)3/h4-17,24,34H,1-3H3. The van der Waals surface area contributed by atoms with Crippen LogP contribution in [0.15, 0.2) is 96.3 Å². The molecule has 1 aliphatic heterocycles. The molecule has 1 atom stereocenters. The molecule has 4 aromatic rings. The van der Waals surface area contributed by atoms with Crippen molar-refractivity contribution in [3.05, 3.63) is 112 Å². The maximum atomic E-state index is 13.9. The maximum Gasteiger partial charge on any atom is 0.294 e. The van der Waals surface area contributed by atoms with Crippen LogP contribution in [0.5, 0.6) is 0 Å². The Morgan fingerprint density at radius 2 is 1.56 bits per heavy atom. The molecule has 0 spiro atoms. The SMILES string of the molecule is Cc1nc(-c2ccccc2)sc1C(=O)C1=C(O)C(=O)N(c2ccc(N(C)C)cc2)C1c1ccccc1. The second-order valence-corrected chi connectivity index (χ2v) is 9.79. The number of hydrogen-bond acceptors (Lipinski definition) is 6. The predicted octanol–water partition coefficient (Wildman–Crippen LogP) is 5.97. The van der Waals surface area contributed by atoms with Crippen LogP contribution in [-0.2, 0) is 4.79 Å². The Morgan fingerprint density at radius 3 is 2.17 bits per heavy atom. The molecule has 0 saturated carbocycles. The van der Waals surface area contributed by atoms with E-state index in [1.54, 1.807) is 6.92 Å². The summed E-state index contributed by atoms with van der Waals surface area (Å²) in [7, 11) is 3.88. The summed E-state index contributed by atoms with van der Waals surface area (Å²) in [6.45, 7) is 1.78. The van der Waals surface area contributed by atoms with Crippen LogP contribution in [0.25, 0.3) is 10.6 Å². The first-order chi connectivity index (χ1) is 17.4. The summed E-state index contributed by atoms with van der Waals surface area (Å²) in [5.41, 5.74) is 3.85. The van der Waals surface area contributed by atoms with Gasteiger partial charge in [0.1, 0.15) is 5.01 Å². The van der Waals surface area contributed by atoms with E-state index in [1.807, 2.05) is 104 Å². The predicted molar refractivity (Wildman–Crippen MR) is 144 cm³/mol. The van der Waals surface area contributed by atoms with E-state index in [1.165, 1.54) is 16.2 Å². The molecule has 7 heteroatoms. The highest BCUT2D eigenvalue weighted by Crippen LogP contribution is 2.43. The first kappa shape index (κ1) is 23.5. The average molecular weight is 496 g/mol. The van der Waals surface area contributed by atoms with Gasteiger partial charge in [0.2, 0.25) is 5.78 Å². The van der Waals surface area contributed by atoms with Gasteiger partial charge in [-0.3, -0.25) is 14.5 Å². The van der Waals surface area contributed by atoms with Gasteiger partial charge in [-0.1, -0.05) is 60.7 Å². The van der Waals surface area contributed by atoms with E-state index in [2.05, 4.69) is 4.98 Å². The van der Waals surface area contributed by atoms with Crippen LogP contribution in [0.3, 0.4) is 0 Å². The lowest BCUT2D eigenvalue weighted by Gasteiger charge is -2.27. The fourth-order valence-electron chi connectivity index (χ4n) is 4.40. The molecule has 1 N–H and O–H groups in total. The Bertz CT molecular complexity index is 1460. The topological polar surface area (TPSA) is 73.7 Å². The molecular weight excluding hydrogens is 470 g/mol. The van der Waals surface area contributed by atoms with E-state index >= 15 is 0 Å². The Kier molecular flexibility index (Phi) is 6.16. The molecule has 0 radical (unpaired) electrons. The number of aryl methyl sites for hydroxylation is 1. The lowest BCUT2D eigenvalue weighted by Crippen LogP contribution is -2.31. The van der Waals surface area contributed by atoms with Crippen molar-refractivity contribution in [2.24, 2.45) is 0 Å². The van der Waals surface area contributed by atoms with Gasteiger partial charge in [-0.25, -0.2) is 4.98 Å². The Labute approximate surface area is 213 Å². The van der Waals surface area contributed by atoms with E-state index in [0.717, 1.165) is 16.8 Å². The molecule has 5 rings (SSSR count). The van der Waals surface area contributed by atoms with Gasteiger partial charge in [0, 0.05) is 31.0 Å². The van der Waals surface area contributed by atoms with Crippen LogP contribution in [-0.4, -0.2) is 35.9 Å². The highest BCUT2D eigenvalue weighted by molar-refractivity contribution is 7.17. The van der Waals surface area contributed by atoms with E-state index in [0.29, 0.717) is 21.3 Å². The Hall–Kier alpha value is -4.23. The number of carbonyl (C=O) groups is 2. The van der Waals surface area contributed by atoms with Crippen molar-refractivity contribution < 1.29 is 14.7 Å². The fourth-order valence-corrected chi connectivity index (χ4v) is 5.43. The number of benzene rings is 3. The number of aliphatic hydroxyl groups is 1. The van der Waals surface area contributed by atoms with Crippen LogP contribution in [0.4, 0.5) is 11.4 Å². The zero-order chi connectivity index (χ0) is 25.4. The molecule has 1 unspecified atom stereocenters. The van der Waals surface area contributed by atoms with Gasteiger partial charge in [-0.2, -0.15) is 0 Å². The molecule has 0 aliphatic carbocycles. The van der Waals surface area contributed by atoms with Gasteiger partial charge >= 0.3 is 0 Å². The minimum Gasteiger partial charge on any atom is -0.503 e. The second kappa shape index (κ2) is 9.43. The van der Waals surface area contributed by atoms with Crippen molar-refractivity contribution in [2.45, 2.75) is 13.0 Å². The van der Waals surface area contributed by atoms with Crippen molar-refractivity contribution in [1.82, 2.24) is 4.98 Å². The second-order valence-electron chi connectivity index (χ2n) is 8.79. The number of carbonyl (C=O) groups excluding carboxylic acids is 2. The van der Waals surface area contributed by atoms with Gasteiger partial charge in [0.25, 0.3) is 5.91 Å². The molecule has 6 nitrogen and oxygen atoms in total. The van der Waals surface area contributed by atoms with Crippen molar-refractivity contribution in [3.8, 4) is 10.6 Å². The zero-order valence-corrected chi connectivity index (χ0v) is 21.0. The fraction of sp³-hybridized carbons (Fsp3) is 0.138. The molecule has 0 fully saturated rings. The summed E-state index contributed by atoms with van der Waals surface area (Å²) < 4.78 is 0. The first-order valence-electron chi connectivity index (χ1n) is 11.5. The summed E-state index contributed by atoms with van der Waals surface area (Å²) in [4.78, 5) is 35.8. The van der Waals surface area contributed by atoms with Gasteiger partial charge in [0.15, 0.2) is 5.76 Å². The van der Waals surface area contributed by atoms with E-state index in [9.17, 15) is 14.7 Å². The molecule has 2 heterocycles. The number of Topliss-reactive ketones (excluding diaryl/α,β-unsaturated/α-hetero) is 1. The summed E-state index contributed by atoms with van der Waals surface area (Å²) >= 11 is 1.27. The van der Waals surface area contributed by atoms with Gasteiger partial charge in [-0.05, 0) is 36.8 Å². The number of rotatable bonds is 6. The van der Waals surface area contributed by atoms with Crippen molar-refractivity contribution in [3.63, 3.8) is 0 Å². The van der Waals surface area contributed by atoms with Crippen molar-refractivity contribution >= 4 is 34.4 Å². The Balaban J connectivity index is 1.60. The molecule has 1 aromatic heterocycles. The number of hydrogen-bond donors (Lipinski definition) is 1. The quantitative estimate of drug-likeness (QED) is 0.334. The molecule has 1 aliphatic rings. The van der Waals surface area contributed by atoms with Gasteiger partial charge < -0.3 is 10.0 Å². The minimum absolute atomic E-state index is 0.0641. The zero-order valence-electron chi connectivity index (χ0n) is 20.2. The number of aliphatic hydroxyl groups excluding tert-OH is 1. The third kappa shape index (κ3) is 4.07. The minimum atomic E-state index is -0.766. The number of thiazole rings is 1. The number of amides is 1. The summed E-state index contributed by atoms with van der Waals surface area (Å²) in [5, 5.41) is 11.8. The number of aromatic nitrogens is 1. The molecule has 1 amide bonds. The molecule has 3 aromatic carbocycles. The number of ketones is 1. The summed E-state index contributed by atoms with van der Waals surface area (Å²) in [6, 6.07) is 25.7. The number of nitrogens with zero attached hydrogens (tertiary/aromatic N) is 3. The molecule has 180 valence electrons. The maximum absolute atomic E-state index is 13.9. The van der Waals surface area contributed by atoms with Crippen LogP contribution in [0.1, 0.15) is 27.0 Å². The lowest BCUT2D eigenvalue weighted by atomic mass is 9.95. The smallest absolute Gasteiger partial charge is 0.294 e. The third-order valence-corrected chi connectivity index (χ3v) is 7.44. The van der Waals surface area contributed by atoms with Gasteiger partial charge in [0.05, 0.1) is 22.2 Å². The lowest BCUT2D eigenvalue weighted by molar-refractivity contribution is -0.117. The highest BCUT2D eigenvalue weighted by Gasteiger charge is 2.45.